The van der Waals surface area contributed by atoms with Gasteiger partial charge in [0.2, 0.25) is 0 Å². The van der Waals surface area contributed by atoms with E-state index >= 15 is 0 Å². The molecule has 0 aliphatic carbocycles. The van der Waals surface area contributed by atoms with Crippen LogP contribution >= 0.6 is 11.3 Å². The lowest BCUT2D eigenvalue weighted by Crippen LogP contribution is -2.50. The second-order valence-electron chi connectivity index (χ2n) is 5.48. The Bertz CT molecular complexity index is 667. The zero-order valence-electron chi connectivity index (χ0n) is 11.6. The third-order valence-corrected chi connectivity index (χ3v) is 5.31. The van der Waals surface area contributed by atoms with E-state index in [0.717, 1.165) is 16.5 Å². The molecule has 0 saturated carbocycles. The Balaban J connectivity index is 1.91. The Kier molecular flexibility index (Phi) is 3.18. The number of ether oxygens (including phenoxy) is 1. The van der Waals surface area contributed by atoms with Crippen molar-refractivity contribution in [1.82, 2.24) is 5.32 Å². The molecule has 2 heterocycles. The van der Waals surface area contributed by atoms with Gasteiger partial charge in [-0.2, -0.15) is 0 Å². The average molecular weight is 290 g/mol. The third kappa shape index (κ3) is 2.07. The minimum Gasteiger partial charge on any atom is -0.397 e. The number of rotatable bonds is 2. The van der Waals surface area contributed by atoms with E-state index in [0.29, 0.717) is 17.2 Å². The quantitative estimate of drug-likeness (QED) is 0.894. The summed E-state index contributed by atoms with van der Waals surface area (Å²) in [7, 11) is 0. The van der Waals surface area contributed by atoms with Crippen LogP contribution in [0.1, 0.15) is 29.9 Å². The third-order valence-electron chi connectivity index (χ3n) is 4.13. The zero-order chi connectivity index (χ0) is 14.3. The molecule has 3 rings (SSSR count). The molecule has 0 radical (unpaired) electrons. The van der Waals surface area contributed by atoms with Crippen LogP contribution in [0.3, 0.4) is 0 Å². The van der Waals surface area contributed by atoms with Gasteiger partial charge in [0.1, 0.15) is 4.88 Å². The first kappa shape index (κ1) is 13.4. The molecule has 5 heteroatoms. The molecule has 1 aliphatic heterocycles. The highest BCUT2D eigenvalue weighted by Gasteiger charge is 2.39. The predicted octanol–water partition coefficient (Wildman–Crippen LogP) is 2.78. The van der Waals surface area contributed by atoms with E-state index in [2.05, 4.69) is 5.32 Å². The lowest BCUT2D eigenvalue weighted by Gasteiger charge is -2.28. The average Bonchev–Trinajstić information content (AvgIpc) is 2.92. The van der Waals surface area contributed by atoms with Crippen LogP contribution in [0.4, 0.5) is 5.69 Å². The second-order valence-corrected chi connectivity index (χ2v) is 6.53. The number of nitrogens with two attached hydrogens (primary N) is 1. The molecule has 1 aromatic carbocycles. The fourth-order valence-electron chi connectivity index (χ4n) is 2.55. The van der Waals surface area contributed by atoms with Crippen molar-refractivity contribution in [3.05, 3.63) is 29.1 Å². The number of nitrogens with one attached hydrogen (secondary N) is 1. The summed E-state index contributed by atoms with van der Waals surface area (Å²) >= 11 is 1.44. The lowest BCUT2D eigenvalue weighted by atomic mass is 9.94. The van der Waals surface area contributed by atoms with Gasteiger partial charge in [0.15, 0.2) is 0 Å². The van der Waals surface area contributed by atoms with Gasteiger partial charge in [-0.3, -0.25) is 4.79 Å². The molecule has 3 N–H and O–H groups in total. The van der Waals surface area contributed by atoms with Gasteiger partial charge in [0.25, 0.3) is 5.91 Å². The minimum absolute atomic E-state index is 0.0158. The smallest absolute Gasteiger partial charge is 0.264 e. The summed E-state index contributed by atoms with van der Waals surface area (Å²) in [6.07, 6.45) is 0.840. The van der Waals surface area contributed by atoms with Crippen molar-refractivity contribution in [1.29, 1.82) is 0 Å². The number of carbonyl (C=O) groups excluding carboxylic acids is 1. The van der Waals surface area contributed by atoms with E-state index in [9.17, 15) is 4.79 Å². The van der Waals surface area contributed by atoms with E-state index in [1.807, 2.05) is 38.1 Å². The molecule has 0 bridgehead atoms. The zero-order valence-corrected chi connectivity index (χ0v) is 12.4. The SMILES string of the molecule is CC1OCCC1(C)NC(=O)c1sc2ccccc2c1N. The van der Waals surface area contributed by atoms with E-state index in [1.54, 1.807) is 0 Å². The minimum atomic E-state index is -0.320. The highest BCUT2D eigenvalue weighted by atomic mass is 32.1. The van der Waals surface area contributed by atoms with Crippen molar-refractivity contribution in [2.75, 3.05) is 12.3 Å². The molecule has 1 aliphatic rings. The lowest BCUT2D eigenvalue weighted by molar-refractivity contribution is 0.0731. The molecule has 2 unspecified atom stereocenters. The van der Waals surface area contributed by atoms with Crippen LogP contribution in [0.5, 0.6) is 0 Å². The van der Waals surface area contributed by atoms with Crippen molar-refractivity contribution in [2.24, 2.45) is 0 Å². The first-order chi connectivity index (χ1) is 9.51. The summed E-state index contributed by atoms with van der Waals surface area (Å²) in [5, 5.41) is 4.04. The molecular formula is C15H18N2O2S. The number of hydrogen-bond donors (Lipinski definition) is 2. The van der Waals surface area contributed by atoms with E-state index < -0.39 is 0 Å². The van der Waals surface area contributed by atoms with Gasteiger partial charge in [0.05, 0.1) is 17.3 Å². The Morgan fingerprint density at radius 2 is 2.25 bits per heavy atom. The molecule has 4 nitrogen and oxygen atoms in total. The summed E-state index contributed by atoms with van der Waals surface area (Å²) in [6.45, 7) is 4.69. The summed E-state index contributed by atoms with van der Waals surface area (Å²) in [5.74, 6) is -0.108. The van der Waals surface area contributed by atoms with Crippen molar-refractivity contribution < 1.29 is 9.53 Å². The van der Waals surface area contributed by atoms with Crippen LogP contribution in [-0.2, 0) is 4.74 Å². The normalized spacial score (nSPS) is 26.0. The van der Waals surface area contributed by atoms with Crippen LogP contribution in [0, 0.1) is 0 Å². The van der Waals surface area contributed by atoms with Crippen molar-refractivity contribution in [3.63, 3.8) is 0 Å². The van der Waals surface area contributed by atoms with Crippen molar-refractivity contribution in [2.45, 2.75) is 31.9 Å². The highest BCUT2D eigenvalue weighted by molar-refractivity contribution is 7.21. The number of carbonyl (C=O) groups is 1. The molecule has 0 spiro atoms. The van der Waals surface area contributed by atoms with Gasteiger partial charge >= 0.3 is 0 Å². The van der Waals surface area contributed by atoms with E-state index in [-0.39, 0.29) is 17.6 Å². The molecule has 1 aromatic heterocycles. The van der Waals surface area contributed by atoms with Crippen LogP contribution in [-0.4, -0.2) is 24.2 Å². The molecule has 1 fully saturated rings. The maximum atomic E-state index is 12.5. The summed E-state index contributed by atoms with van der Waals surface area (Å²) < 4.78 is 6.59. The second kappa shape index (κ2) is 4.75. The number of benzene rings is 1. The monoisotopic (exact) mass is 290 g/mol. The number of thiophene rings is 1. The molecule has 1 saturated heterocycles. The Labute approximate surface area is 121 Å². The van der Waals surface area contributed by atoms with Gasteiger partial charge in [0, 0.05) is 16.7 Å². The largest absolute Gasteiger partial charge is 0.397 e. The van der Waals surface area contributed by atoms with E-state index in [4.69, 9.17) is 10.5 Å². The van der Waals surface area contributed by atoms with Crippen LogP contribution in [0.15, 0.2) is 24.3 Å². The molecule has 2 aromatic rings. The topological polar surface area (TPSA) is 64.3 Å². The number of anilines is 1. The summed E-state index contributed by atoms with van der Waals surface area (Å²) in [4.78, 5) is 13.1. The summed E-state index contributed by atoms with van der Waals surface area (Å²) in [5.41, 5.74) is 6.36. The van der Waals surface area contributed by atoms with Gasteiger partial charge in [-0.05, 0) is 26.3 Å². The fraction of sp³-hybridized carbons (Fsp3) is 0.400. The molecule has 1 amide bonds. The number of fused-ring (bicyclic) bond motifs is 1. The van der Waals surface area contributed by atoms with Crippen LogP contribution in [0.2, 0.25) is 0 Å². The van der Waals surface area contributed by atoms with Crippen LogP contribution in [0.25, 0.3) is 10.1 Å². The predicted molar refractivity (Wildman–Crippen MR) is 82.1 cm³/mol. The maximum absolute atomic E-state index is 12.5. The van der Waals surface area contributed by atoms with Gasteiger partial charge in [-0.25, -0.2) is 0 Å². The van der Waals surface area contributed by atoms with Crippen molar-refractivity contribution >= 4 is 33.0 Å². The van der Waals surface area contributed by atoms with E-state index in [1.165, 1.54) is 11.3 Å². The number of amides is 1. The van der Waals surface area contributed by atoms with Gasteiger partial charge in [-0.1, -0.05) is 18.2 Å². The standard InChI is InChI=1S/C15H18N2O2S/c1-9-15(2,7-8-19-9)17-14(18)13-12(16)10-5-3-4-6-11(10)20-13/h3-6,9H,7-8,16H2,1-2H3,(H,17,18). The van der Waals surface area contributed by atoms with Gasteiger partial charge < -0.3 is 15.8 Å². The Morgan fingerprint density at radius 3 is 2.90 bits per heavy atom. The molecular weight excluding hydrogens is 272 g/mol. The first-order valence-electron chi connectivity index (χ1n) is 6.72. The van der Waals surface area contributed by atoms with Crippen molar-refractivity contribution in [3.8, 4) is 0 Å². The molecule has 2 atom stereocenters. The van der Waals surface area contributed by atoms with Crippen LogP contribution < -0.4 is 11.1 Å². The molecule has 20 heavy (non-hydrogen) atoms. The first-order valence-corrected chi connectivity index (χ1v) is 7.54. The number of hydrogen-bond acceptors (Lipinski definition) is 4. The Hall–Kier alpha value is -1.59. The highest BCUT2D eigenvalue weighted by Crippen LogP contribution is 2.34. The fourth-order valence-corrected chi connectivity index (χ4v) is 3.57. The molecule has 106 valence electrons. The summed E-state index contributed by atoms with van der Waals surface area (Å²) in [6, 6.07) is 7.81. The maximum Gasteiger partial charge on any atom is 0.264 e. The number of nitrogen functional groups attached to an aromatic ring is 1. The van der Waals surface area contributed by atoms with Gasteiger partial charge in [-0.15, -0.1) is 11.3 Å². The Morgan fingerprint density at radius 1 is 1.50 bits per heavy atom.